The maximum absolute atomic E-state index is 13.1. The van der Waals surface area contributed by atoms with Crippen molar-refractivity contribution in [1.29, 1.82) is 0 Å². The van der Waals surface area contributed by atoms with Crippen LogP contribution >= 0.6 is 0 Å². The Labute approximate surface area is 141 Å². The largest absolute Gasteiger partial charge is 0.383 e. The third-order valence-electron chi connectivity index (χ3n) is 3.37. The molecule has 2 rings (SSSR count). The number of methoxy groups -OCH3 is 1. The molecule has 0 atom stereocenters. The highest BCUT2D eigenvalue weighted by Gasteiger charge is 2.26. The summed E-state index contributed by atoms with van der Waals surface area (Å²) >= 11 is 0. The SMILES string of the molecule is COCCN(c1ccncc1)S(=O)(=O)c1cc(C)cc(C(N)=O)c1. The van der Waals surface area contributed by atoms with E-state index in [1.807, 2.05) is 0 Å². The lowest BCUT2D eigenvalue weighted by Gasteiger charge is -2.24. The van der Waals surface area contributed by atoms with E-state index in [0.717, 1.165) is 0 Å². The van der Waals surface area contributed by atoms with E-state index in [4.69, 9.17) is 10.5 Å². The van der Waals surface area contributed by atoms with Crippen molar-refractivity contribution in [3.8, 4) is 0 Å². The number of amides is 1. The fourth-order valence-corrected chi connectivity index (χ4v) is 3.82. The zero-order chi connectivity index (χ0) is 17.7. The summed E-state index contributed by atoms with van der Waals surface area (Å²) in [6, 6.07) is 7.53. The van der Waals surface area contributed by atoms with Crippen LogP contribution in [0.1, 0.15) is 15.9 Å². The predicted molar refractivity (Wildman–Crippen MR) is 90.3 cm³/mol. The lowest BCUT2D eigenvalue weighted by Crippen LogP contribution is -2.34. The van der Waals surface area contributed by atoms with Crippen LogP contribution in [-0.2, 0) is 14.8 Å². The quantitative estimate of drug-likeness (QED) is 0.812. The molecule has 1 aromatic carbocycles. The molecule has 8 heteroatoms. The molecule has 0 bridgehead atoms. The smallest absolute Gasteiger partial charge is 0.264 e. The number of nitrogens with two attached hydrogens (primary N) is 1. The summed E-state index contributed by atoms with van der Waals surface area (Å²) in [6.45, 7) is 2.05. The monoisotopic (exact) mass is 349 g/mol. The Balaban J connectivity index is 2.54. The number of aryl methyl sites for hydroxylation is 1. The van der Waals surface area contributed by atoms with Crippen molar-refractivity contribution in [3.05, 3.63) is 53.9 Å². The van der Waals surface area contributed by atoms with Gasteiger partial charge in [-0.1, -0.05) is 0 Å². The molecule has 2 aromatic rings. The number of hydrogen-bond donors (Lipinski definition) is 1. The highest BCUT2D eigenvalue weighted by atomic mass is 32.2. The second-order valence-electron chi connectivity index (χ2n) is 5.17. The Hall–Kier alpha value is -2.45. The first-order valence-corrected chi connectivity index (χ1v) is 8.63. The summed E-state index contributed by atoms with van der Waals surface area (Å²) in [5.74, 6) is -0.678. The van der Waals surface area contributed by atoms with Crippen molar-refractivity contribution in [2.24, 2.45) is 5.73 Å². The molecule has 24 heavy (non-hydrogen) atoms. The molecule has 1 aromatic heterocycles. The minimum absolute atomic E-state index is 0.00390. The summed E-state index contributed by atoms with van der Waals surface area (Å²) in [6.07, 6.45) is 3.02. The van der Waals surface area contributed by atoms with Gasteiger partial charge >= 0.3 is 0 Å². The van der Waals surface area contributed by atoms with Gasteiger partial charge in [0.2, 0.25) is 5.91 Å². The van der Waals surface area contributed by atoms with Crippen LogP contribution in [0.2, 0.25) is 0 Å². The fourth-order valence-electron chi connectivity index (χ4n) is 2.24. The van der Waals surface area contributed by atoms with Crippen LogP contribution in [0.3, 0.4) is 0 Å². The lowest BCUT2D eigenvalue weighted by atomic mass is 10.1. The first-order valence-electron chi connectivity index (χ1n) is 7.19. The molecule has 0 aliphatic heterocycles. The maximum Gasteiger partial charge on any atom is 0.264 e. The number of carbonyl (C=O) groups is 1. The van der Waals surface area contributed by atoms with Crippen molar-refractivity contribution in [3.63, 3.8) is 0 Å². The van der Waals surface area contributed by atoms with Crippen LogP contribution in [0.5, 0.6) is 0 Å². The van der Waals surface area contributed by atoms with Crippen molar-refractivity contribution < 1.29 is 17.9 Å². The molecule has 0 saturated heterocycles. The molecule has 2 N–H and O–H groups in total. The van der Waals surface area contributed by atoms with Gasteiger partial charge in [-0.2, -0.15) is 0 Å². The second-order valence-corrected chi connectivity index (χ2v) is 7.04. The van der Waals surface area contributed by atoms with E-state index in [1.54, 1.807) is 25.1 Å². The molecule has 0 saturated carbocycles. The minimum Gasteiger partial charge on any atom is -0.383 e. The highest BCUT2D eigenvalue weighted by molar-refractivity contribution is 7.92. The summed E-state index contributed by atoms with van der Waals surface area (Å²) in [7, 11) is -2.39. The van der Waals surface area contributed by atoms with Gasteiger partial charge in [-0.25, -0.2) is 8.42 Å². The molecule has 0 radical (unpaired) electrons. The molecular weight excluding hydrogens is 330 g/mol. The molecule has 0 aliphatic carbocycles. The molecule has 128 valence electrons. The van der Waals surface area contributed by atoms with E-state index in [9.17, 15) is 13.2 Å². The lowest BCUT2D eigenvalue weighted by molar-refractivity contribution is 0.1000. The summed E-state index contributed by atoms with van der Waals surface area (Å²) in [4.78, 5) is 15.3. The van der Waals surface area contributed by atoms with Crippen LogP contribution in [0.4, 0.5) is 5.69 Å². The molecule has 1 heterocycles. The topological polar surface area (TPSA) is 103 Å². The van der Waals surface area contributed by atoms with Crippen LogP contribution in [0, 0.1) is 6.92 Å². The molecule has 0 fully saturated rings. The van der Waals surface area contributed by atoms with Gasteiger partial charge in [-0.15, -0.1) is 0 Å². The average molecular weight is 349 g/mol. The van der Waals surface area contributed by atoms with Crippen molar-refractivity contribution in [2.75, 3.05) is 24.6 Å². The molecule has 1 amide bonds. The van der Waals surface area contributed by atoms with E-state index >= 15 is 0 Å². The first kappa shape index (κ1) is 17.9. The normalized spacial score (nSPS) is 11.2. The number of anilines is 1. The number of hydrogen-bond acceptors (Lipinski definition) is 5. The Morgan fingerprint density at radius 2 is 1.92 bits per heavy atom. The van der Waals surface area contributed by atoms with Crippen LogP contribution < -0.4 is 10.0 Å². The molecule has 0 aliphatic rings. The van der Waals surface area contributed by atoms with E-state index in [1.165, 1.54) is 35.9 Å². The number of sulfonamides is 1. The minimum atomic E-state index is -3.89. The zero-order valence-corrected chi connectivity index (χ0v) is 14.3. The van der Waals surface area contributed by atoms with Gasteiger partial charge < -0.3 is 10.5 Å². The standard InChI is InChI=1S/C16H19N3O4S/c1-12-9-13(16(17)20)11-15(10-12)24(21,22)19(7-8-23-2)14-3-5-18-6-4-14/h3-6,9-11H,7-8H2,1-2H3,(H2,17,20). The van der Waals surface area contributed by atoms with E-state index in [0.29, 0.717) is 11.3 Å². The van der Waals surface area contributed by atoms with Crippen molar-refractivity contribution in [1.82, 2.24) is 4.98 Å². The Morgan fingerprint density at radius 1 is 1.25 bits per heavy atom. The third kappa shape index (κ3) is 3.90. The van der Waals surface area contributed by atoms with E-state index in [-0.39, 0.29) is 23.6 Å². The fraction of sp³-hybridized carbons (Fsp3) is 0.250. The van der Waals surface area contributed by atoms with Crippen LogP contribution in [-0.4, -0.2) is 39.6 Å². The van der Waals surface area contributed by atoms with Gasteiger partial charge in [0.1, 0.15) is 0 Å². The number of aromatic nitrogens is 1. The van der Waals surface area contributed by atoms with Gasteiger partial charge in [0.25, 0.3) is 10.0 Å². The summed E-state index contributed by atoms with van der Waals surface area (Å²) in [5, 5.41) is 0. The number of ether oxygens (including phenoxy) is 1. The van der Waals surface area contributed by atoms with Gasteiger partial charge in [0, 0.05) is 25.1 Å². The number of primary amides is 1. The third-order valence-corrected chi connectivity index (χ3v) is 5.18. The van der Waals surface area contributed by atoms with Gasteiger partial charge in [0.05, 0.1) is 23.7 Å². The Morgan fingerprint density at radius 3 is 2.50 bits per heavy atom. The number of rotatable bonds is 7. The maximum atomic E-state index is 13.1. The zero-order valence-electron chi connectivity index (χ0n) is 13.5. The number of pyridine rings is 1. The van der Waals surface area contributed by atoms with E-state index < -0.39 is 15.9 Å². The predicted octanol–water partition coefficient (Wildman–Crippen LogP) is 1.33. The average Bonchev–Trinajstić information content (AvgIpc) is 2.55. The van der Waals surface area contributed by atoms with Gasteiger partial charge in [-0.3, -0.25) is 14.1 Å². The summed E-state index contributed by atoms with van der Waals surface area (Å²) < 4.78 is 32.4. The highest BCUT2D eigenvalue weighted by Crippen LogP contribution is 2.24. The number of nitrogens with zero attached hydrogens (tertiary/aromatic N) is 2. The van der Waals surface area contributed by atoms with Crippen LogP contribution in [0.15, 0.2) is 47.6 Å². The molecule has 7 nitrogen and oxygen atoms in total. The number of benzene rings is 1. The van der Waals surface area contributed by atoms with Gasteiger partial charge in [0.15, 0.2) is 0 Å². The molecular formula is C16H19N3O4S. The van der Waals surface area contributed by atoms with E-state index in [2.05, 4.69) is 4.98 Å². The van der Waals surface area contributed by atoms with Crippen molar-refractivity contribution >= 4 is 21.6 Å². The second kappa shape index (κ2) is 7.41. The Kier molecular flexibility index (Phi) is 5.53. The molecule has 0 unspecified atom stereocenters. The van der Waals surface area contributed by atoms with Crippen molar-refractivity contribution in [2.45, 2.75) is 11.8 Å². The first-order chi connectivity index (χ1) is 11.4. The number of carbonyl (C=O) groups excluding carboxylic acids is 1. The molecule has 0 spiro atoms. The van der Waals surface area contributed by atoms with Crippen LogP contribution in [0.25, 0.3) is 0 Å². The summed E-state index contributed by atoms with van der Waals surface area (Å²) in [5.41, 5.74) is 6.53. The Bertz CT molecular complexity index is 822. The van der Waals surface area contributed by atoms with Gasteiger partial charge in [-0.05, 0) is 42.8 Å².